The predicted molar refractivity (Wildman–Crippen MR) is 118 cm³/mol. The number of aromatic nitrogens is 4. The molecule has 0 aliphatic carbocycles. The summed E-state index contributed by atoms with van der Waals surface area (Å²) >= 11 is 6.55. The Morgan fingerprint density at radius 2 is 1.97 bits per heavy atom. The fourth-order valence-electron chi connectivity index (χ4n) is 3.30. The molecular weight excluding hydrogens is 402 g/mol. The van der Waals surface area contributed by atoms with Gasteiger partial charge in [-0.05, 0) is 44.0 Å². The highest BCUT2D eigenvalue weighted by atomic mass is 35.5. The summed E-state index contributed by atoms with van der Waals surface area (Å²) in [7, 11) is 0. The number of carbonyl (C=O) groups excluding carboxylic acids is 1. The number of nitrogens with zero attached hydrogens (tertiary/aromatic N) is 3. The standard InChI is InChI=1S/C22H30ClN5O2/c1-12-8-9-14(20(30)25-22(6,7)11-29)10-15(12)13(2)18-24-19-16(23)17(21(3,4)5)26-28(19)27-18/h8-10,13,26,29H,11H2,1-7H3,(H,25,30). The van der Waals surface area contributed by atoms with E-state index >= 15 is 0 Å². The van der Waals surface area contributed by atoms with E-state index in [9.17, 15) is 9.90 Å². The highest BCUT2D eigenvalue weighted by Gasteiger charge is 2.26. The molecule has 1 aromatic carbocycles. The molecule has 0 radical (unpaired) electrons. The molecule has 2 aromatic heterocycles. The fraction of sp³-hybridized carbons (Fsp3) is 0.500. The van der Waals surface area contributed by atoms with Gasteiger partial charge >= 0.3 is 0 Å². The molecule has 0 spiro atoms. The number of rotatable bonds is 5. The number of H-pyrrole nitrogens is 1. The Bertz CT molecular complexity index is 1090. The Morgan fingerprint density at radius 3 is 2.53 bits per heavy atom. The summed E-state index contributed by atoms with van der Waals surface area (Å²) in [6, 6.07) is 5.56. The molecule has 0 saturated heterocycles. The summed E-state index contributed by atoms with van der Waals surface area (Å²) in [6.07, 6.45) is 0. The summed E-state index contributed by atoms with van der Waals surface area (Å²) in [5, 5.41) is 20.7. The number of carbonyl (C=O) groups is 1. The van der Waals surface area contributed by atoms with Crippen molar-refractivity contribution in [2.45, 2.75) is 65.3 Å². The van der Waals surface area contributed by atoms with Crippen LogP contribution in [0.3, 0.4) is 0 Å². The van der Waals surface area contributed by atoms with Crippen LogP contribution in [0.5, 0.6) is 0 Å². The second-order valence-electron chi connectivity index (χ2n) is 9.55. The Balaban J connectivity index is 1.95. The number of aryl methyl sites for hydroxylation is 1. The predicted octanol–water partition coefficient (Wildman–Crippen LogP) is 3.97. The average molecular weight is 432 g/mol. The van der Waals surface area contributed by atoms with E-state index < -0.39 is 5.54 Å². The summed E-state index contributed by atoms with van der Waals surface area (Å²) < 4.78 is 1.62. The molecule has 0 saturated carbocycles. The van der Waals surface area contributed by atoms with E-state index in [4.69, 9.17) is 11.6 Å². The number of aliphatic hydroxyl groups is 1. The van der Waals surface area contributed by atoms with Gasteiger partial charge in [0.15, 0.2) is 11.5 Å². The SMILES string of the molecule is Cc1ccc(C(=O)NC(C)(C)CO)cc1C(C)c1nc2c(Cl)c(C(C)(C)C)[nH]n2n1. The minimum Gasteiger partial charge on any atom is -0.394 e. The number of benzene rings is 1. The van der Waals surface area contributed by atoms with Gasteiger partial charge in [0.05, 0.1) is 17.8 Å². The van der Waals surface area contributed by atoms with Gasteiger partial charge in [-0.25, -0.2) is 4.98 Å². The Labute approximate surface area is 181 Å². The van der Waals surface area contributed by atoms with Crippen molar-refractivity contribution >= 4 is 23.2 Å². The van der Waals surface area contributed by atoms with Crippen molar-refractivity contribution in [3.63, 3.8) is 0 Å². The molecule has 3 N–H and O–H groups in total. The van der Waals surface area contributed by atoms with Crippen molar-refractivity contribution in [1.82, 2.24) is 25.1 Å². The first-order valence-electron chi connectivity index (χ1n) is 10.0. The molecule has 3 aromatic rings. The van der Waals surface area contributed by atoms with Gasteiger partial charge in [-0.15, -0.1) is 5.10 Å². The Hall–Kier alpha value is -2.38. The summed E-state index contributed by atoms with van der Waals surface area (Å²) in [4.78, 5) is 17.3. The third kappa shape index (κ3) is 4.23. The van der Waals surface area contributed by atoms with Crippen LogP contribution in [0.25, 0.3) is 5.65 Å². The lowest BCUT2D eigenvalue weighted by Crippen LogP contribution is -2.46. The second-order valence-corrected chi connectivity index (χ2v) is 9.92. The quantitative estimate of drug-likeness (QED) is 0.569. The summed E-state index contributed by atoms with van der Waals surface area (Å²) in [5.74, 6) is 0.260. The molecule has 0 aliphatic rings. The van der Waals surface area contributed by atoms with Crippen LogP contribution >= 0.6 is 11.6 Å². The number of amides is 1. The normalized spacial score (nSPS) is 13.6. The van der Waals surface area contributed by atoms with E-state index in [0.717, 1.165) is 16.8 Å². The number of hydrogen-bond donors (Lipinski definition) is 3. The van der Waals surface area contributed by atoms with Gasteiger partial charge in [0.2, 0.25) is 0 Å². The Morgan fingerprint density at radius 1 is 1.30 bits per heavy atom. The molecule has 0 fully saturated rings. The molecule has 162 valence electrons. The number of hydrogen-bond acceptors (Lipinski definition) is 4. The molecular formula is C22H30ClN5O2. The second kappa shape index (κ2) is 7.71. The molecule has 0 aliphatic heterocycles. The number of nitrogens with one attached hydrogen (secondary N) is 2. The molecule has 8 heteroatoms. The van der Waals surface area contributed by atoms with E-state index in [1.165, 1.54) is 0 Å². The average Bonchev–Trinajstić information content (AvgIpc) is 3.20. The van der Waals surface area contributed by atoms with Gasteiger partial charge in [0.1, 0.15) is 5.02 Å². The van der Waals surface area contributed by atoms with E-state index in [2.05, 4.69) is 41.3 Å². The lowest BCUT2D eigenvalue weighted by atomic mass is 9.92. The summed E-state index contributed by atoms with van der Waals surface area (Å²) in [6.45, 7) is 13.6. The van der Waals surface area contributed by atoms with Crippen molar-refractivity contribution in [2.24, 2.45) is 0 Å². The van der Waals surface area contributed by atoms with Gasteiger partial charge in [-0.1, -0.05) is 45.4 Å². The molecule has 1 amide bonds. The first-order valence-corrected chi connectivity index (χ1v) is 10.4. The zero-order chi connectivity index (χ0) is 22.4. The van der Waals surface area contributed by atoms with Crippen molar-refractivity contribution in [1.29, 1.82) is 0 Å². The van der Waals surface area contributed by atoms with Crippen molar-refractivity contribution in [3.05, 3.63) is 51.4 Å². The fourth-order valence-corrected chi connectivity index (χ4v) is 3.75. The van der Waals surface area contributed by atoms with Crippen LogP contribution in [0.2, 0.25) is 5.02 Å². The number of aromatic amines is 1. The van der Waals surface area contributed by atoms with E-state index in [0.29, 0.717) is 22.1 Å². The maximum Gasteiger partial charge on any atom is 0.251 e. The monoisotopic (exact) mass is 431 g/mol. The lowest BCUT2D eigenvalue weighted by Gasteiger charge is -2.24. The highest BCUT2D eigenvalue weighted by molar-refractivity contribution is 6.34. The van der Waals surface area contributed by atoms with Gasteiger partial charge in [0.25, 0.3) is 5.91 Å². The molecule has 1 unspecified atom stereocenters. The number of fused-ring (bicyclic) bond motifs is 1. The van der Waals surface area contributed by atoms with Crippen molar-refractivity contribution in [2.75, 3.05) is 6.61 Å². The molecule has 7 nitrogen and oxygen atoms in total. The van der Waals surface area contributed by atoms with Crippen LogP contribution in [0.4, 0.5) is 0 Å². The molecule has 1 atom stereocenters. The Kier molecular flexibility index (Phi) is 5.73. The topological polar surface area (TPSA) is 95.3 Å². The number of aliphatic hydroxyl groups excluding tert-OH is 1. The van der Waals surface area contributed by atoms with Gasteiger partial charge in [-0.3, -0.25) is 9.89 Å². The van der Waals surface area contributed by atoms with Gasteiger partial charge < -0.3 is 10.4 Å². The zero-order valence-corrected chi connectivity index (χ0v) is 19.3. The van der Waals surface area contributed by atoms with Crippen LogP contribution in [0, 0.1) is 6.92 Å². The van der Waals surface area contributed by atoms with Crippen LogP contribution in [0.15, 0.2) is 18.2 Å². The molecule has 3 rings (SSSR count). The third-order valence-electron chi connectivity index (χ3n) is 5.25. The van der Waals surface area contributed by atoms with Gasteiger partial charge in [0, 0.05) is 16.9 Å². The van der Waals surface area contributed by atoms with E-state index in [1.54, 1.807) is 24.5 Å². The van der Waals surface area contributed by atoms with Crippen LogP contribution in [0.1, 0.15) is 80.5 Å². The van der Waals surface area contributed by atoms with Crippen LogP contribution in [-0.2, 0) is 5.41 Å². The minimum absolute atomic E-state index is 0.133. The maximum absolute atomic E-state index is 12.6. The molecule has 30 heavy (non-hydrogen) atoms. The summed E-state index contributed by atoms with van der Waals surface area (Å²) in [5.41, 5.74) is 3.18. The third-order valence-corrected chi connectivity index (χ3v) is 5.61. The van der Waals surface area contributed by atoms with Crippen LogP contribution in [-0.4, -0.2) is 43.0 Å². The van der Waals surface area contributed by atoms with Crippen molar-refractivity contribution in [3.8, 4) is 0 Å². The number of halogens is 1. The van der Waals surface area contributed by atoms with Crippen molar-refractivity contribution < 1.29 is 9.90 Å². The van der Waals surface area contributed by atoms with E-state index in [-0.39, 0.29) is 23.8 Å². The minimum atomic E-state index is -0.695. The zero-order valence-electron chi connectivity index (χ0n) is 18.6. The molecule has 0 bridgehead atoms. The van der Waals surface area contributed by atoms with E-state index in [1.807, 2.05) is 26.0 Å². The first kappa shape index (κ1) is 22.3. The highest BCUT2D eigenvalue weighted by Crippen LogP contribution is 2.32. The first-order chi connectivity index (χ1) is 13.8. The smallest absolute Gasteiger partial charge is 0.251 e. The largest absolute Gasteiger partial charge is 0.394 e. The van der Waals surface area contributed by atoms with Gasteiger partial charge in [-0.2, -0.15) is 4.63 Å². The molecule has 2 heterocycles. The maximum atomic E-state index is 12.6. The van der Waals surface area contributed by atoms with Crippen LogP contribution < -0.4 is 5.32 Å². The lowest BCUT2D eigenvalue weighted by molar-refractivity contribution is 0.0869.